The molecule has 5 aromatic rings. The van der Waals surface area contributed by atoms with Crippen molar-refractivity contribution in [2.24, 2.45) is 0 Å². The van der Waals surface area contributed by atoms with Gasteiger partial charge in [-0.2, -0.15) is 4.98 Å². The smallest absolute Gasteiger partial charge is 0.316 e. The molecule has 0 unspecified atom stereocenters. The predicted molar refractivity (Wildman–Crippen MR) is 196 cm³/mol. The summed E-state index contributed by atoms with van der Waals surface area (Å²) in [7, 11) is 1.48. The number of methoxy groups -OCH3 is 1. The number of halogens is 2. The van der Waals surface area contributed by atoms with Gasteiger partial charge in [-0.1, -0.05) is 85.7 Å². The SMILES string of the molecule is CCN(CC)CCN(Cc1ccc(-c2ccc(Cl)cc2)cc1)C(=O)Cn1cc(Cc2cnc(OC)nc2)c(=O)nc1SCc1ccc(F)cc1. The maximum absolute atomic E-state index is 14.2. The second kappa shape index (κ2) is 17.9. The van der Waals surface area contributed by atoms with E-state index in [1.165, 1.54) is 31.0 Å². The van der Waals surface area contributed by atoms with Crippen LogP contribution in [0.1, 0.15) is 36.1 Å². The highest BCUT2D eigenvalue weighted by Gasteiger charge is 2.19. The summed E-state index contributed by atoms with van der Waals surface area (Å²) in [6.07, 6.45) is 5.14. The van der Waals surface area contributed by atoms with E-state index in [4.69, 9.17) is 16.3 Å². The van der Waals surface area contributed by atoms with Crippen molar-refractivity contribution < 1.29 is 13.9 Å². The Morgan fingerprint density at radius 1 is 0.880 bits per heavy atom. The molecule has 3 aromatic carbocycles. The molecular formula is C38H40ClFN6O3S. The molecule has 2 aromatic heterocycles. The zero-order valence-electron chi connectivity index (χ0n) is 28.4. The third-order valence-electron chi connectivity index (χ3n) is 8.31. The highest BCUT2D eigenvalue weighted by Crippen LogP contribution is 2.24. The fourth-order valence-corrected chi connectivity index (χ4v) is 6.41. The molecule has 0 aliphatic rings. The largest absolute Gasteiger partial charge is 0.467 e. The summed E-state index contributed by atoms with van der Waals surface area (Å²) >= 11 is 7.41. The molecule has 0 radical (unpaired) electrons. The summed E-state index contributed by atoms with van der Waals surface area (Å²) in [5.41, 5.74) is 4.70. The maximum Gasteiger partial charge on any atom is 0.316 e. The van der Waals surface area contributed by atoms with Crippen LogP contribution in [0.25, 0.3) is 11.1 Å². The molecule has 2 heterocycles. The van der Waals surface area contributed by atoms with Crippen LogP contribution in [0.15, 0.2) is 101 Å². The molecule has 50 heavy (non-hydrogen) atoms. The van der Waals surface area contributed by atoms with Crippen molar-refractivity contribution in [3.8, 4) is 17.1 Å². The lowest BCUT2D eigenvalue weighted by molar-refractivity contribution is -0.132. The Labute approximate surface area is 301 Å². The van der Waals surface area contributed by atoms with Crippen LogP contribution in [0.5, 0.6) is 6.01 Å². The normalized spacial score (nSPS) is 11.2. The third kappa shape index (κ3) is 10.2. The Morgan fingerprint density at radius 2 is 1.50 bits per heavy atom. The van der Waals surface area contributed by atoms with Crippen LogP contribution < -0.4 is 10.3 Å². The van der Waals surface area contributed by atoms with E-state index in [0.29, 0.717) is 40.1 Å². The summed E-state index contributed by atoms with van der Waals surface area (Å²) in [6.45, 7) is 7.62. The molecule has 12 heteroatoms. The molecular weight excluding hydrogens is 675 g/mol. The Kier molecular flexibility index (Phi) is 13.1. The molecule has 0 fully saturated rings. The van der Waals surface area contributed by atoms with Gasteiger partial charge in [-0.25, -0.2) is 14.4 Å². The van der Waals surface area contributed by atoms with Gasteiger partial charge in [0.15, 0.2) is 5.16 Å². The van der Waals surface area contributed by atoms with Gasteiger partial charge in [-0.05, 0) is 65.2 Å². The first-order valence-corrected chi connectivity index (χ1v) is 17.8. The van der Waals surface area contributed by atoms with Crippen LogP contribution in [-0.4, -0.2) is 68.5 Å². The van der Waals surface area contributed by atoms with Gasteiger partial charge in [-0.3, -0.25) is 9.59 Å². The highest BCUT2D eigenvalue weighted by molar-refractivity contribution is 7.98. The Morgan fingerprint density at radius 3 is 2.12 bits per heavy atom. The van der Waals surface area contributed by atoms with Gasteiger partial charge in [0, 0.05) is 61.0 Å². The van der Waals surface area contributed by atoms with E-state index in [-0.39, 0.29) is 30.7 Å². The number of likely N-dealkylation sites (N-methyl/N-ethyl adjacent to an activating group) is 1. The van der Waals surface area contributed by atoms with Crippen molar-refractivity contribution >= 4 is 29.3 Å². The lowest BCUT2D eigenvalue weighted by Crippen LogP contribution is -2.40. The quantitative estimate of drug-likeness (QED) is 0.0819. The molecule has 0 atom stereocenters. The van der Waals surface area contributed by atoms with Crippen molar-refractivity contribution in [1.82, 2.24) is 29.3 Å². The van der Waals surface area contributed by atoms with Crippen LogP contribution in [0, 0.1) is 5.82 Å². The van der Waals surface area contributed by atoms with Crippen molar-refractivity contribution in [2.75, 3.05) is 33.3 Å². The van der Waals surface area contributed by atoms with E-state index in [0.717, 1.165) is 41.9 Å². The number of hydrogen-bond acceptors (Lipinski definition) is 8. The molecule has 1 amide bonds. The Balaban J connectivity index is 1.41. The van der Waals surface area contributed by atoms with Crippen molar-refractivity contribution in [3.05, 3.63) is 135 Å². The fraction of sp³-hybridized carbons (Fsp3) is 0.289. The minimum absolute atomic E-state index is 0.0216. The van der Waals surface area contributed by atoms with Gasteiger partial charge < -0.3 is 19.1 Å². The monoisotopic (exact) mass is 714 g/mol. The van der Waals surface area contributed by atoms with Crippen LogP contribution in [-0.2, 0) is 30.1 Å². The number of thioether (sulfide) groups is 1. The lowest BCUT2D eigenvalue weighted by atomic mass is 10.0. The number of carbonyl (C=O) groups is 1. The average Bonchev–Trinajstić information content (AvgIpc) is 3.13. The van der Waals surface area contributed by atoms with Gasteiger partial charge in [0.2, 0.25) is 5.91 Å². The summed E-state index contributed by atoms with van der Waals surface area (Å²) in [5, 5.41) is 1.09. The van der Waals surface area contributed by atoms with Gasteiger partial charge in [-0.15, -0.1) is 0 Å². The lowest BCUT2D eigenvalue weighted by Gasteiger charge is -2.27. The molecule has 0 saturated carbocycles. The van der Waals surface area contributed by atoms with Crippen molar-refractivity contribution in [2.45, 2.75) is 44.3 Å². The number of amides is 1. The predicted octanol–water partition coefficient (Wildman–Crippen LogP) is 6.76. The molecule has 9 nitrogen and oxygen atoms in total. The van der Waals surface area contributed by atoms with Crippen molar-refractivity contribution in [1.29, 1.82) is 0 Å². The Hall–Kier alpha value is -4.58. The second-order valence-corrected chi connectivity index (χ2v) is 13.1. The van der Waals surface area contributed by atoms with E-state index < -0.39 is 5.56 Å². The molecule has 260 valence electrons. The molecule has 0 N–H and O–H groups in total. The fourth-order valence-electron chi connectivity index (χ4n) is 5.36. The first-order chi connectivity index (χ1) is 24.2. The average molecular weight is 715 g/mol. The molecule has 0 aliphatic heterocycles. The van der Waals surface area contributed by atoms with Gasteiger partial charge in [0.1, 0.15) is 12.4 Å². The summed E-state index contributed by atoms with van der Waals surface area (Å²) in [4.78, 5) is 44.3. The maximum atomic E-state index is 14.2. The molecule has 0 spiro atoms. The minimum atomic E-state index is -0.398. The van der Waals surface area contributed by atoms with E-state index in [1.54, 1.807) is 35.3 Å². The van der Waals surface area contributed by atoms with Crippen LogP contribution in [0.4, 0.5) is 4.39 Å². The highest BCUT2D eigenvalue weighted by atomic mass is 35.5. The standard InChI is InChI=1S/C38H40ClFN6O3S/c1-4-44(5-2)18-19-45(23-27-6-10-30(11-7-27)31-12-14-33(39)15-13-31)35(47)25-46-24-32(20-29-21-41-37(49-3)42-22-29)36(48)43-38(46)50-26-28-8-16-34(40)17-9-28/h6-17,21-22,24H,4-5,18-20,23,25-26H2,1-3H3. The number of carbonyl (C=O) groups excluding carboxylic acids is 1. The van der Waals surface area contributed by atoms with Gasteiger partial charge in [0.25, 0.3) is 5.56 Å². The van der Waals surface area contributed by atoms with Crippen LogP contribution in [0.2, 0.25) is 5.02 Å². The van der Waals surface area contributed by atoms with Crippen molar-refractivity contribution in [3.63, 3.8) is 0 Å². The van der Waals surface area contributed by atoms with Crippen LogP contribution in [0.3, 0.4) is 0 Å². The molecule has 0 bridgehead atoms. The second-order valence-electron chi connectivity index (χ2n) is 11.7. The van der Waals surface area contributed by atoms with E-state index in [9.17, 15) is 14.0 Å². The number of hydrogen-bond donors (Lipinski definition) is 0. The summed E-state index contributed by atoms with van der Waals surface area (Å²) < 4.78 is 20.4. The minimum Gasteiger partial charge on any atom is -0.467 e. The number of ether oxygens (including phenoxy) is 1. The van der Waals surface area contributed by atoms with Gasteiger partial charge in [0.05, 0.1) is 7.11 Å². The third-order valence-corrected chi connectivity index (χ3v) is 9.63. The molecule has 0 aliphatic carbocycles. The van der Waals surface area contributed by atoms with Crippen LogP contribution >= 0.6 is 23.4 Å². The first kappa shape index (κ1) is 36.7. The van der Waals surface area contributed by atoms with Gasteiger partial charge >= 0.3 is 6.01 Å². The van der Waals surface area contributed by atoms with E-state index >= 15 is 0 Å². The summed E-state index contributed by atoms with van der Waals surface area (Å²) in [6, 6.07) is 22.3. The number of rotatable bonds is 16. The first-order valence-electron chi connectivity index (χ1n) is 16.4. The Bertz CT molecular complexity index is 1900. The number of aromatic nitrogens is 4. The summed E-state index contributed by atoms with van der Waals surface area (Å²) in [5.74, 6) is 0.0144. The topological polar surface area (TPSA) is 93.5 Å². The number of benzene rings is 3. The molecule has 5 rings (SSSR count). The zero-order valence-corrected chi connectivity index (χ0v) is 30.0. The van der Waals surface area contributed by atoms with E-state index in [2.05, 4.69) is 45.8 Å². The zero-order chi connectivity index (χ0) is 35.5. The van der Waals surface area contributed by atoms with E-state index in [1.807, 2.05) is 41.3 Å². The number of nitrogens with zero attached hydrogens (tertiary/aromatic N) is 6. The molecule has 0 saturated heterocycles.